The Bertz CT molecular complexity index is 1420. The van der Waals surface area contributed by atoms with Crippen molar-refractivity contribution in [3.8, 4) is 11.3 Å². The van der Waals surface area contributed by atoms with Gasteiger partial charge in [0.2, 0.25) is 0 Å². The molecular weight excluding hydrogens is 542 g/mol. The topological polar surface area (TPSA) is 171 Å². The van der Waals surface area contributed by atoms with Gasteiger partial charge in [-0.25, -0.2) is 19.6 Å². The second-order valence-corrected chi connectivity index (χ2v) is 10.6. The molecular formula is C29H35N7O6. The smallest absolute Gasteiger partial charge is 0.408 e. The van der Waals surface area contributed by atoms with Gasteiger partial charge in [0, 0.05) is 31.3 Å². The first kappa shape index (κ1) is 30.2. The van der Waals surface area contributed by atoms with Gasteiger partial charge in [-0.15, -0.1) is 0 Å². The first-order valence-electron chi connectivity index (χ1n) is 13.4. The number of amides is 2. The van der Waals surface area contributed by atoms with E-state index in [0.717, 1.165) is 11.3 Å². The number of alkyl carbamates (subject to hydrolysis) is 1. The Morgan fingerprint density at radius 1 is 1.10 bits per heavy atom. The molecule has 0 unspecified atom stereocenters. The summed E-state index contributed by atoms with van der Waals surface area (Å²) in [5, 5.41) is 5.42. The fourth-order valence-electron chi connectivity index (χ4n) is 4.28. The Morgan fingerprint density at radius 3 is 2.48 bits per heavy atom. The van der Waals surface area contributed by atoms with Crippen molar-refractivity contribution in [3.63, 3.8) is 0 Å². The number of carbonyl (C=O) groups excluding carboxylic acids is 3. The van der Waals surface area contributed by atoms with Crippen LogP contribution in [-0.4, -0.2) is 78.0 Å². The minimum absolute atomic E-state index is 0.0150. The molecule has 3 aromatic rings. The fourth-order valence-corrected chi connectivity index (χ4v) is 4.28. The van der Waals surface area contributed by atoms with Crippen LogP contribution in [0.1, 0.15) is 36.8 Å². The number of nitrogen functional groups attached to an aromatic ring is 1. The molecule has 0 radical (unpaired) electrons. The molecule has 42 heavy (non-hydrogen) atoms. The Morgan fingerprint density at radius 2 is 1.81 bits per heavy atom. The molecule has 13 heteroatoms. The zero-order valence-corrected chi connectivity index (χ0v) is 24.0. The third kappa shape index (κ3) is 7.91. The summed E-state index contributed by atoms with van der Waals surface area (Å²) in [6.07, 6.45) is 4.17. The predicted octanol–water partition coefficient (Wildman–Crippen LogP) is 2.82. The molecule has 2 amide bonds. The number of esters is 1. The largest absolute Gasteiger partial charge is 0.467 e. The number of hydrogen-bond acceptors (Lipinski definition) is 11. The van der Waals surface area contributed by atoms with Gasteiger partial charge in [-0.3, -0.25) is 9.78 Å². The van der Waals surface area contributed by atoms with E-state index in [2.05, 4.69) is 30.5 Å². The van der Waals surface area contributed by atoms with Gasteiger partial charge in [-0.1, -0.05) is 24.3 Å². The van der Waals surface area contributed by atoms with Gasteiger partial charge >= 0.3 is 12.1 Å². The van der Waals surface area contributed by atoms with Crippen LogP contribution in [0.2, 0.25) is 0 Å². The summed E-state index contributed by atoms with van der Waals surface area (Å²) in [7, 11) is 1.25. The summed E-state index contributed by atoms with van der Waals surface area (Å²) in [4.78, 5) is 52.7. The molecule has 1 saturated heterocycles. The lowest BCUT2D eigenvalue weighted by atomic mass is 10.0. The zero-order valence-electron chi connectivity index (χ0n) is 24.0. The van der Waals surface area contributed by atoms with E-state index in [1.807, 2.05) is 6.07 Å². The highest BCUT2D eigenvalue weighted by Crippen LogP contribution is 2.27. The number of anilines is 3. The number of morpholine rings is 1. The third-order valence-corrected chi connectivity index (χ3v) is 6.28. The van der Waals surface area contributed by atoms with Crippen molar-refractivity contribution in [1.29, 1.82) is 0 Å². The van der Waals surface area contributed by atoms with E-state index in [-0.39, 0.29) is 17.9 Å². The first-order chi connectivity index (χ1) is 20.0. The Hall–Kier alpha value is -4.78. The Labute approximate surface area is 243 Å². The summed E-state index contributed by atoms with van der Waals surface area (Å²) >= 11 is 0. The van der Waals surface area contributed by atoms with E-state index in [4.69, 9.17) is 19.9 Å². The minimum Gasteiger partial charge on any atom is -0.467 e. The molecule has 0 aliphatic carbocycles. The number of ether oxygens (including phenoxy) is 3. The summed E-state index contributed by atoms with van der Waals surface area (Å²) in [6.45, 7) is 7.77. The SMILES string of the molecule is COC(=O)[C@@H](Cc1ccc(-c2cnc(N)c(C(=O)Nc3cnccc3N3CCOCC3)n2)cc1)NC(=O)OC(C)(C)C. The van der Waals surface area contributed by atoms with Gasteiger partial charge in [0.1, 0.15) is 11.6 Å². The lowest BCUT2D eigenvalue weighted by Crippen LogP contribution is -2.45. The van der Waals surface area contributed by atoms with E-state index >= 15 is 0 Å². The maximum absolute atomic E-state index is 13.2. The molecule has 3 heterocycles. The van der Waals surface area contributed by atoms with Crippen LogP contribution in [0.4, 0.5) is 22.0 Å². The maximum Gasteiger partial charge on any atom is 0.408 e. The van der Waals surface area contributed by atoms with E-state index in [1.165, 1.54) is 13.3 Å². The molecule has 1 atom stereocenters. The molecule has 1 aliphatic heterocycles. The van der Waals surface area contributed by atoms with E-state index in [9.17, 15) is 14.4 Å². The number of rotatable bonds is 8. The van der Waals surface area contributed by atoms with Crippen molar-refractivity contribution >= 4 is 35.2 Å². The van der Waals surface area contributed by atoms with Crippen LogP contribution in [0.25, 0.3) is 11.3 Å². The monoisotopic (exact) mass is 577 g/mol. The highest BCUT2D eigenvalue weighted by atomic mass is 16.6. The van der Waals surface area contributed by atoms with Crippen LogP contribution >= 0.6 is 0 Å². The lowest BCUT2D eigenvalue weighted by Gasteiger charge is -2.30. The van der Waals surface area contributed by atoms with Crippen LogP contribution in [-0.2, 0) is 25.4 Å². The van der Waals surface area contributed by atoms with Crippen LogP contribution in [0.15, 0.2) is 48.9 Å². The summed E-state index contributed by atoms with van der Waals surface area (Å²) in [6, 6.07) is 8.00. The molecule has 2 aromatic heterocycles. The quantitative estimate of drug-likeness (QED) is 0.336. The van der Waals surface area contributed by atoms with Crippen LogP contribution in [0.3, 0.4) is 0 Å². The number of nitrogens with one attached hydrogen (secondary N) is 2. The normalized spacial score (nSPS) is 14.0. The highest BCUT2D eigenvalue weighted by molar-refractivity contribution is 6.07. The van der Waals surface area contributed by atoms with Gasteiger partial charge < -0.3 is 35.5 Å². The number of pyridine rings is 1. The maximum atomic E-state index is 13.2. The molecule has 1 fully saturated rings. The second-order valence-electron chi connectivity index (χ2n) is 10.6. The first-order valence-corrected chi connectivity index (χ1v) is 13.4. The van der Waals surface area contributed by atoms with Crippen LogP contribution in [0.5, 0.6) is 0 Å². The lowest BCUT2D eigenvalue weighted by molar-refractivity contribution is -0.143. The van der Waals surface area contributed by atoms with Crippen molar-refractivity contribution in [2.75, 3.05) is 49.4 Å². The van der Waals surface area contributed by atoms with E-state index in [0.29, 0.717) is 43.2 Å². The standard InChI is InChI=1S/C29H35N7O6/c1-29(2,3)42-28(39)35-20(27(38)40-4)15-18-5-7-19(8-6-18)21-17-32-25(30)24(33-21)26(37)34-22-16-31-10-9-23(22)36-11-13-41-14-12-36/h5-10,16-17,20H,11-15H2,1-4H3,(H2,30,32)(H,34,37)(H,35,39)/t20-/m1/s1. The average molecular weight is 578 g/mol. The second kappa shape index (κ2) is 13.3. The Kier molecular flexibility index (Phi) is 9.53. The third-order valence-electron chi connectivity index (χ3n) is 6.28. The zero-order chi connectivity index (χ0) is 30.3. The van der Waals surface area contributed by atoms with E-state index < -0.39 is 29.6 Å². The van der Waals surface area contributed by atoms with Crippen molar-refractivity contribution in [2.24, 2.45) is 0 Å². The van der Waals surface area contributed by atoms with Gasteiger partial charge in [0.15, 0.2) is 11.5 Å². The molecule has 13 nitrogen and oxygen atoms in total. The molecule has 0 spiro atoms. The van der Waals surface area contributed by atoms with Crippen LogP contribution in [0, 0.1) is 0 Å². The molecule has 0 saturated carbocycles. The predicted molar refractivity (Wildman–Crippen MR) is 156 cm³/mol. The molecule has 1 aliphatic rings. The van der Waals surface area contributed by atoms with Crippen molar-refractivity contribution in [2.45, 2.75) is 38.8 Å². The highest BCUT2D eigenvalue weighted by Gasteiger charge is 2.25. The Balaban J connectivity index is 1.48. The molecule has 4 N–H and O–H groups in total. The molecule has 222 valence electrons. The average Bonchev–Trinajstić information content (AvgIpc) is 2.97. The van der Waals surface area contributed by atoms with Gasteiger partial charge in [0.25, 0.3) is 5.91 Å². The van der Waals surface area contributed by atoms with Gasteiger partial charge in [0.05, 0.1) is 49.8 Å². The van der Waals surface area contributed by atoms with E-state index in [1.54, 1.807) is 57.4 Å². The van der Waals surface area contributed by atoms with Gasteiger partial charge in [-0.05, 0) is 32.4 Å². The number of carbonyl (C=O) groups is 3. The van der Waals surface area contributed by atoms with Gasteiger partial charge in [-0.2, -0.15) is 0 Å². The fraction of sp³-hybridized carbons (Fsp3) is 0.379. The molecule has 1 aromatic carbocycles. The van der Waals surface area contributed by atoms with Crippen LogP contribution < -0.4 is 21.3 Å². The van der Waals surface area contributed by atoms with Crippen molar-refractivity contribution in [1.82, 2.24) is 20.3 Å². The molecule has 0 bridgehead atoms. The summed E-state index contributed by atoms with van der Waals surface area (Å²) in [5.41, 5.74) is 8.49. The number of hydrogen-bond donors (Lipinski definition) is 3. The number of methoxy groups -OCH3 is 1. The number of nitrogens with two attached hydrogens (primary N) is 1. The van der Waals surface area contributed by atoms with Crippen molar-refractivity contribution in [3.05, 3.63) is 60.2 Å². The summed E-state index contributed by atoms with van der Waals surface area (Å²) in [5.74, 6) is -1.13. The van der Waals surface area contributed by atoms with Crippen molar-refractivity contribution < 1.29 is 28.6 Å². The summed E-state index contributed by atoms with van der Waals surface area (Å²) < 4.78 is 15.5. The molecule has 4 rings (SSSR count). The number of aromatic nitrogens is 3. The number of benzene rings is 1. The number of nitrogens with zero attached hydrogens (tertiary/aromatic N) is 4. The minimum atomic E-state index is -0.947.